The van der Waals surface area contributed by atoms with Crippen molar-refractivity contribution >= 4 is 196 Å². The van der Waals surface area contributed by atoms with Crippen LogP contribution in [-0.2, 0) is 34.4 Å². The lowest BCUT2D eigenvalue weighted by Gasteiger charge is -2.16. The molecule has 408 valence electrons. The average Bonchev–Trinajstić information content (AvgIpc) is 4.02. The Hall–Kier alpha value is 0.121. The summed E-state index contributed by atoms with van der Waals surface area (Å²) in [6.07, 6.45) is 1.41. The van der Waals surface area contributed by atoms with Crippen LogP contribution in [0, 0.1) is 0 Å². The summed E-state index contributed by atoms with van der Waals surface area (Å²) in [5, 5.41) is 0. The second kappa shape index (κ2) is 35.6. The molecule has 0 aliphatic carbocycles. The number of halogens is 10. The molecule has 5 aromatic rings. The summed E-state index contributed by atoms with van der Waals surface area (Å²) in [5.41, 5.74) is 0.768. The van der Waals surface area contributed by atoms with E-state index in [4.69, 9.17) is 28.4 Å². The Morgan fingerprint density at radius 1 is 0.486 bits per heavy atom. The zero-order valence-electron chi connectivity index (χ0n) is 42.3. The summed E-state index contributed by atoms with van der Waals surface area (Å²) in [6, 6.07) is 4.77. The van der Waals surface area contributed by atoms with Gasteiger partial charge in [0.25, 0.3) is 18.0 Å². The van der Waals surface area contributed by atoms with Crippen molar-refractivity contribution in [1.29, 1.82) is 0 Å². The van der Waals surface area contributed by atoms with Gasteiger partial charge >= 0.3 is 0 Å². The van der Waals surface area contributed by atoms with E-state index in [-0.39, 0.29) is 6.73 Å². The molecule has 0 atom stereocenters. The number of hydrogen-bond donors (Lipinski definition) is 2. The van der Waals surface area contributed by atoms with Crippen molar-refractivity contribution in [3.8, 4) is 18.0 Å². The molecule has 0 saturated carbocycles. The third-order valence-corrected chi connectivity index (χ3v) is 21.3. The number of aldehydes is 2. The maximum Gasteiger partial charge on any atom is 0.300 e. The summed E-state index contributed by atoms with van der Waals surface area (Å²) in [4.78, 5) is 47.4. The molecule has 5 aromatic heterocycles. The molecule has 0 aromatic carbocycles. The van der Waals surface area contributed by atoms with Gasteiger partial charge in [-0.2, -0.15) is 15.0 Å². The molecule has 0 aliphatic heterocycles. The molecule has 5 rings (SSSR count). The van der Waals surface area contributed by atoms with Gasteiger partial charge in [-0.05, 0) is 198 Å². The predicted molar refractivity (Wildman–Crippen MR) is 327 cm³/mol. The number of hydrogen-bond acceptors (Lipinski definition) is 13. The number of nitrogens with zero attached hydrogens (tertiary/aromatic N) is 8. The number of H-pyrrole nitrogens is 2. The standard InChI is InChI=1S/C12H21BrN2O3Si.C11H20Br2N2O2Si.C9H15Br3N2OSi.C6H7BrN2O2.C3HBr3N2/c1-5-18-12-14-11(13)10(8-16)15(12)9-17-6-7-19(2,3)4;1-5-17-11-14-9(12)10(13)15(11)8-16-6-7-18(2,3)4;1-16(2,3)5-4-15-6-14-8(11)7(10)13-9(14)12;1-2-11-6-8-4(3-10)5(7)9-6;4-1-2(5)8-3(6)7-1/h8H,5-7,9H2,1-4H3;5-8H2,1-4H3;4-6H2,1-3H3;3H,2H2,1H3,(H,8,9);(H,7,8). The van der Waals surface area contributed by atoms with E-state index in [1.165, 1.54) is 6.04 Å². The first-order valence-electron chi connectivity index (χ1n) is 22.1. The fourth-order valence-corrected chi connectivity index (χ4v) is 11.6. The fourth-order valence-electron chi connectivity index (χ4n) is 4.65. The van der Waals surface area contributed by atoms with Crippen molar-refractivity contribution < 1.29 is 38.0 Å². The van der Waals surface area contributed by atoms with Gasteiger partial charge in [0.15, 0.2) is 22.0 Å². The van der Waals surface area contributed by atoms with E-state index in [1.54, 1.807) is 4.57 Å². The molecule has 0 aliphatic rings. The molecule has 0 radical (unpaired) electrons. The molecule has 5 heterocycles. The topological polar surface area (TPSA) is 200 Å². The van der Waals surface area contributed by atoms with Crippen LogP contribution >= 0.6 is 159 Å². The Labute approximate surface area is 510 Å². The number of nitrogens with one attached hydrogen (secondary N) is 2. The summed E-state index contributed by atoms with van der Waals surface area (Å²) in [6.45, 7) is 31.7. The van der Waals surface area contributed by atoms with E-state index in [1.807, 2.05) is 29.9 Å². The number of imidazole rings is 5. The zero-order valence-corrected chi connectivity index (χ0v) is 61.1. The summed E-state index contributed by atoms with van der Waals surface area (Å²) >= 11 is 32.9. The first-order valence-corrected chi connectivity index (χ1v) is 41.2. The Morgan fingerprint density at radius 3 is 1.28 bits per heavy atom. The zero-order chi connectivity index (χ0) is 55.0. The first-order chi connectivity index (χ1) is 33.5. The highest BCUT2D eigenvalue weighted by atomic mass is 79.9. The van der Waals surface area contributed by atoms with Gasteiger partial charge in [0.05, 0.1) is 19.8 Å². The molecule has 0 amide bonds. The largest absolute Gasteiger partial charge is 0.465 e. The third kappa shape index (κ3) is 28.1. The maximum atomic E-state index is 11.1. The lowest BCUT2D eigenvalue weighted by molar-refractivity contribution is 0.0761. The van der Waals surface area contributed by atoms with Crippen LogP contribution < -0.4 is 14.2 Å². The second-order valence-corrected chi connectivity index (χ2v) is 42.7. The minimum Gasteiger partial charge on any atom is -0.465 e. The summed E-state index contributed by atoms with van der Waals surface area (Å²) < 4.78 is 45.7. The van der Waals surface area contributed by atoms with Gasteiger partial charge in [0.2, 0.25) is 0 Å². The SMILES string of the molecule is Brc1nc(Br)c(Br)[nH]1.CCOc1nc(Br)c(Br)n1COCC[Si](C)(C)C.CCOc1nc(Br)c(C=O)n1COCC[Si](C)(C)C.CCOc1nc(C=O)c(Br)[nH]1.C[Si](C)(C)CCOCn1c(Br)nc(Br)c1Br. The first kappa shape index (κ1) is 70.1. The van der Waals surface area contributed by atoms with Crippen molar-refractivity contribution in [2.75, 3.05) is 39.6 Å². The van der Waals surface area contributed by atoms with Crippen LogP contribution in [0.15, 0.2) is 46.3 Å². The van der Waals surface area contributed by atoms with E-state index < -0.39 is 24.2 Å². The minimum absolute atomic E-state index is 0.284. The molecular weight excluding hydrogens is 1640 g/mol. The van der Waals surface area contributed by atoms with Crippen LogP contribution in [0.5, 0.6) is 18.0 Å². The van der Waals surface area contributed by atoms with Crippen LogP contribution in [0.3, 0.4) is 0 Å². The van der Waals surface area contributed by atoms with Crippen LogP contribution in [0.2, 0.25) is 77.1 Å². The fraction of sp³-hybridized carbons (Fsp3) is 0.585. The van der Waals surface area contributed by atoms with Gasteiger partial charge in [-0.25, -0.2) is 9.97 Å². The molecule has 18 nitrogen and oxygen atoms in total. The van der Waals surface area contributed by atoms with Crippen molar-refractivity contribution in [2.45, 2.75) is 118 Å². The van der Waals surface area contributed by atoms with Gasteiger partial charge in [0, 0.05) is 44.0 Å². The average molecular weight is 1710 g/mol. The monoisotopic (exact) mass is 1700 g/mol. The lowest BCUT2D eigenvalue weighted by Crippen LogP contribution is -2.22. The van der Waals surface area contributed by atoms with Gasteiger partial charge in [-0.3, -0.25) is 23.3 Å². The molecule has 31 heteroatoms. The highest BCUT2D eigenvalue weighted by molar-refractivity contribution is 9.14. The van der Waals surface area contributed by atoms with Crippen molar-refractivity contribution in [1.82, 2.24) is 48.6 Å². The normalized spacial score (nSPS) is 11.3. The number of aromatic nitrogens is 10. The molecule has 0 unspecified atom stereocenters. The van der Waals surface area contributed by atoms with Crippen molar-refractivity contribution in [3.63, 3.8) is 0 Å². The number of aromatic amines is 2. The smallest absolute Gasteiger partial charge is 0.300 e. The predicted octanol–water partition coefficient (Wildman–Crippen LogP) is 15.9. The quantitative estimate of drug-likeness (QED) is 0.0356. The van der Waals surface area contributed by atoms with Crippen molar-refractivity contribution in [2.24, 2.45) is 0 Å². The molecular formula is C41H64Br10N10O8Si3. The van der Waals surface area contributed by atoms with E-state index in [0.717, 1.165) is 68.7 Å². The molecule has 0 fully saturated rings. The molecule has 0 spiro atoms. The van der Waals surface area contributed by atoms with Crippen LogP contribution in [0.25, 0.3) is 0 Å². The summed E-state index contributed by atoms with van der Waals surface area (Å²) in [5.74, 6) is 0. The molecule has 72 heavy (non-hydrogen) atoms. The number of ether oxygens (including phenoxy) is 6. The Bertz CT molecular complexity index is 2360. The molecule has 0 saturated heterocycles. The van der Waals surface area contributed by atoms with Crippen LogP contribution in [0.4, 0.5) is 0 Å². The lowest BCUT2D eigenvalue weighted by atomic mass is 10.5. The van der Waals surface area contributed by atoms with Crippen molar-refractivity contribution in [3.05, 3.63) is 57.7 Å². The van der Waals surface area contributed by atoms with Gasteiger partial charge < -0.3 is 38.4 Å². The number of rotatable bonds is 23. The number of carbonyl (C=O) groups excluding carboxylic acids is 2. The second-order valence-electron chi connectivity index (χ2n) is 18.2. The Kier molecular flexibility index (Phi) is 34.7. The van der Waals surface area contributed by atoms with Crippen LogP contribution in [0.1, 0.15) is 41.7 Å². The van der Waals surface area contributed by atoms with E-state index in [9.17, 15) is 9.59 Å². The van der Waals surface area contributed by atoms with Gasteiger partial charge in [-0.15, -0.1) is 0 Å². The Balaban J connectivity index is 0.000000462. The highest BCUT2D eigenvalue weighted by Crippen LogP contribution is 2.29. The van der Waals surface area contributed by atoms with E-state index >= 15 is 0 Å². The molecule has 2 N–H and O–H groups in total. The maximum absolute atomic E-state index is 11.1. The van der Waals surface area contributed by atoms with E-state index in [0.29, 0.717) is 84.8 Å². The molecule has 0 bridgehead atoms. The summed E-state index contributed by atoms with van der Waals surface area (Å²) in [7, 11) is -3.14. The minimum atomic E-state index is -1.10. The van der Waals surface area contributed by atoms with E-state index in [2.05, 4.69) is 253 Å². The number of carbonyl (C=O) groups is 2. The van der Waals surface area contributed by atoms with Crippen LogP contribution in [-0.4, -0.2) is 125 Å². The van der Waals surface area contributed by atoms with Gasteiger partial charge in [-0.1, -0.05) is 58.9 Å². The van der Waals surface area contributed by atoms with Gasteiger partial charge in [0.1, 0.15) is 68.4 Å². The Morgan fingerprint density at radius 2 is 0.917 bits per heavy atom. The third-order valence-electron chi connectivity index (χ3n) is 8.53. The highest BCUT2D eigenvalue weighted by Gasteiger charge is 2.19.